The first-order valence-corrected chi connectivity index (χ1v) is 9.14. The lowest BCUT2D eigenvalue weighted by molar-refractivity contribution is -0.121. The molecule has 1 aromatic heterocycles. The minimum absolute atomic E-state index is 0.00333. The van der Waals surface area contributed by atoms with Crippen LogP contribution in [-0.4, -0.2) is 33.9 Å². The van der Waals surface area contributed by atoms with Crippen LogP contribution in [0.25, 0.3) is 10.2 Å². The van der Waals surface area contributed by atoms with Crippen molar-refractivity contribution >= 4 is 39.2 Å². The molecule has 6 heteroatoms. The van der Waals surface area contributed by atoms with E-state index in [1.807, 2.05) is 45.0 Å². The van der Waals surface area contributed by atoms with Gasteiger partial charge in [0.05, 0.1) is 15.5 Å². The molecular formula is C16H22N2O2S2. The smallest absolute Gasteiger partial charge is 0.233 e. The number of hydrogen-bond donors (Lipinski definition) is 2. The van der Waals surface area contributed by atoms with Gasteiger partial charge in [-0.15, -0.1) is 11.3 Å². The topological polar surface area (TPSA) is 62.2 Å². The standard InChI is InChI=1S/C16H22N2O2S2/c1-10(2)12(8-9-19)17-15(20)11(3)21-16-18-13-6-4-5-7-14(13)22-16/h4-7,10-12,19H,8-9H2,1-3H3,(H,17,20). The van der Waals surface area contributed by atoms with Crippen LogP contribution in [0.2, 0.25) is 0 Å². The second kappa shape index (κ2) is 7.94. The van der Waals surface area contributed by atoms with Gasteiger partial charge in [0, 0.05) is 12.6 Å². The van der Waals surface area contributed by atoms with E-state index in [0.717, 1.165) is 14.6 Å². The maximum absolute atomic E-state index is 12.3. The van der Waals surface area contributed by atoms with Gasteiger partial charge >= 0.3 is 0 Å². The number of fused-ring (bicyclic) bond motifs is 1. The van der Waals surface area contributed by atoms with Crippen LogP contribution in [0.4, 0.5) is 0 Å². The van der Waals surface area contributed by atoms with E-state index in [1.165, 1.54) is 11.8 Å². The number of thioether (sulfide) groups is 1. The highest BCUT2D eigenvalue weighted by Gasteiger charge is 2.21. The minimum Gasteiger partial charge on any atom is -0.396 e. The van der Waals surface area contributed by atoms with E-state index >= 15 is 0 Å². The predicted molar refractivity (Wildman–Crippen MR) is 93.4 cm³/mol. The number of hydrogen-bond acceptors (Lipinski definition) is 5. The molecule has 0 bridgehead atoms. The van der Waals surface area contributed by atoms with Crippen LogP contribution in [0, 0.1) is 5.92 Å². The summed E-state index contributed by atoms with van der Waals surface area (Å²) in [6.07, 6.45) is 0.585. The average molecular weight is 338 g/mol. The Morgan fingerprint density at radius 3 is 2.73 bits per heavy atom. The zero-order valence-corrected chi connectivity index (χ0v) is 14.7. The maximum Gasteiger partial charge on any atom is 0.233 e. The number of amides is 1. The van der Waals surface area contributed by atoms with E-state index in [9.17, 15) is 4.79 Å². The molecule has 0 saturated carbocycles. The molecule has 0 radical (unpaired) electrons. The summed E-state index contributed by atoms with van der Waals surface area (Å²) >= 11 is 3.09. The minimum atomic E-state index is -0.208. The fraction of sp³-hybridized carbons (Fsp3) is 0.500. The van der Waals surface area contributed by atoms with Gasteiger partial charge in [-0.25, -0.2) is 4.98 Å². The van der Waals surface area contributed by atoms with Gasteiger partial charge in [-0.2, -0.15) is 0 Å². The summed E-state index contributed by atoms with van der Waals surface area (Å²) in [4.78, 5) is 16.9. The molecule has 1 heterocycles. The molecule has 2 unspecified atom stereocenters. The lowest BCUT2D eigenvalue weighted by Crippen LogP contribution is -2.42. The molecule has 120 valence electrons. The Hall–Kier alpha value is -1.11. The molecule has 0 aliphatic heterocycles. The summed E-state index contributed by atoms with van der Waals surface area (Å²) < 4.78 is 2.05. The van der Waals surface area contributed by atoms with Crippen molar-refractivity contribution in [1.82, 2.24) is 10.3 Å². The van der Waals surface area contributed by atoms with Crippen LogP contribution in [0.15, 0.2) is 28.6 Å². The van der Waals surface area contributed by atoms with Crippen molar-refractivity contribution in [3.8, 4) is 0 Å². The van der Waals surface area contributed by atoms with Crippen molar-refractivity contribution in [3.05, 3.63) is 24.3 Å². The van der Waals surface area contributed by atoms with Gasteiger partial charge in [0.2, 0.25) is 5.91 Å². The maximum atomic E-state index is 12.3. The molecule has 4 nitrogen and oxygen atoms in total. The molecule has 0 spiro atoms. The monoisotopic (exact) mass is 338 g/mol. The summed E-state index contributed by atoms with van der Waals surface area (Å²) in [6, 6.07) is 7.99. The number of thiazole rings is 1. The number of carbonyl (C=O) groups is 1. The SMILES string of the molecule is CC(Sc1nc2ccccc2s1)C(=O)NC(CCO)C(C)C. The fourth-order valence-corrected chi connectivity index (χ4v) is 4.34. The van der Waals surface area contributed by atoms with Gasteiger partial charge in [-0.1, -0.05) is 37.7 Å². The molecule has 0 saturated heterocycles. The number of para-hydroxylation sites is 1. The quantitative estimate of drug-likeness (QED) is 0.761. The number of aliphatic hydroxyl groups excluding tert-OH is 1. The molecule has 22 heavy (non-hydrogen) atoms. The zero-order chi connectivity index (χ0) is 16.1. The Morgan fingerprint density at radius 1 is 1.36 bits per heavy atom. The van der Waals surface area contributed by atoms with E-state index in [-0.39, 0.29) is 23.8 Å². The fourth-order valence-electron chi connectivity index (χ4n) is 2.12. The van der Waals surface area contributed by atoms with Crippen molar-refractivity contribution in [1.29, 1.82) is 0 Å². The number of rotatable bonds is 7. The number of aliphatic hydroxyl groups is 1. The number of carbonyl (C=O) groups excluding carboxylic acids is 1. The van der Waals surface area contributed by atoms with Crippen LogP contribution >= 0.6 is 23.1 Å². The summed E-state index contributed by atoms with van der Waals surface area (Å²) in [5.41, 5.74) is 0.975. The number of nitrogens with one attached hydrogen (secondary N) is 1. The lowest BCUT2D eigenvalue weighted by atomic mass is 10.0. The summed E-state index contributed by atoms with van der Waals surface area (Å²) in [5.74, 6) is 0.298. The second-order valence-electron chi connectivity index (χ2n) is 5.58. The average Bonchev–Trinajstić information content (AvgIpc) is 2.88. The van der Waals surface area contributed by atoms with Gasteiger partial charge < -0.3 is 10.4 Å². The normalized spacial score (nSPS) is 14.2. The first kappa shape index (κ1) is 17.2. The van der Waals surface area contributed by atoms with Crippen LogP contribution in [0.3, 0.4) is 0 Å². The molecular weight excluding hydrogens is 316 g/mol. The van der Waals surface area contributed by atoms with Crippen LogP contribution in [-0.2, 0) is 4.79 Å². The van der Waals surface area contributed by atoms with Crippen molar-refractivity contribution in [3.63, 3.8) is 0 Å². The van der Waals surface area contributed by atoms with Crippen molar-refractivity contribution in [2.24, 2.45) is 5.92 Å². The number of aromatic nitrogens is 1. The third-order valence-electron chi connectivity index (χ3n) is 3.49. The predicted octanol–water partition coefficient (Wildman–Crippen LogP) is 3.30. The largest absolute Gasteiger partial charge is 0.396 e. The van der Waals surface area contributed by atoms with Gasteiger partial charge in [0.25, 0.3) is 0 Å². The molecule has 2 atom stereocenters. The van der Waals surface area contributed by atoms with E-state index in [1.54, 1.807) is 11.3 Å². The van der Waals surface area contributed by atoms with E-state index in [2.05, 4.69) is 10.3 Å². The van der Waals surface area contributed by atoms with Crippen LogP contribution < -0.4 is 5.32 Å². The van der Waals surface area contributed by atoms with Gasteiger partial charge in [-0.05, 0) is 31.4 Å². The van der Waals surface area contributed by atoms with Crippen molar-refractivity contribution in [2.45, 2.75) is 42.8 Å². The van der Waals surface area contributed by atoms with Crippen molar-refractivity contribution < 1.29 is 9.90 Å². The molecule has 2 rings (SSSR count). The summed E-state index contributed by atoms with van der Waals surface area (Å²) in [6.45, 7) is 6.07. The molecule has 1 amide bonds. The Labute approximate surface area is 139 Å². The lowest BCUT2D eigenvalue weighted by Gasteiger charge is -2.23. The Kier molecular flexibility index (Phi) is 6.23. The van der Waals surface area contributed by atoms with E-state index < -0.39 is 0 Å². The highest BCUT2D eigenvalue weighted by atomic mass is 32.2. The third kappa shape index (κ3) is 4.44. The van der Waals surface area contributed by atoms with Crippen LogP contribution in [0.1, 0.15) is 27.2 Å². The number of nitrogens with zero attached hydrogens (tertiary/aromatic N) is 1. The molecule has 0 fully saturated rings. The molecule has 0 aliphatic carbocycles. The molecule has 2 aromatic rings. The number of benzene rings is 1. The Bertz CT molecular complexity index is 594. The van der Waals surface area contributed by atoms with Gasteiger partial charge in [0.1, 0.15) is 0 Å². The Balaban J connectivity index is 1.98. The highest BCUT2D eigenvalue weighted by Crippen LogP contribution is 2.31. The first-order chi connectivity index (χ1) is 10.5. The van der Waals surface area contributed by atoms with Gasteiger partial charge in [0.15, 0.2) is 4.34 Å². The second-order valence-corrected chi connectivity index (χ2v) is 8.20. The first-order valence-electron chi connectivity index (χ1n) is 7.44. The van der Waals surface area contributed by atoms with Crippen LogP contribution in [0.5, 0.6) is 0 Å². The highest BCUT2D eigenvalue weighted by molar-refractivity contribution is 8.02. The molecule has 2 N–H and O–H groups in total. The summed E-state index contributed by atoms with van der Waals surface area (Å²) in [5, 5.41) is 11.9. The third-order valence-corrected chi connectivity index (χ3v) is 5.72. The Morgan fingerprint density at radius 2 is 2.09 bits per heavy atom. The molecule has 0 aliphatic rings. The van der Waals surface area contributed by atoms with E-state index in [4.69, 9.17) is 5.11 Å². The van der Waals surface area contributed by atoms with Crippen molar-refractivity contribution in [2.75, 3.05) is 6.61 Å². The zero-order valence-electron chi connectivity index (χ0n) is 13.1. The molecule has 1 aromatic carbocycles. The van der Waals surface area contributed by atoms with E-state index in [0.29, 0.717) is 12.3 Å². The van der Waals surface area contributed by atoms with Gasteiger partial charge in [-0.3, -0.25) is 4.79 Å². The summed E-state index contributed by atoms with van der Waals surface area (Å²) in [7, 11) is 0.